The van der Waals surface area contributed by atoms with Gasteiger partial charge in [-0.2, -0.15) is 0 Å². The number of nitrogens with zero attached hydrogens (tertiary/aromatic N) is 2. The SMILES string of the molecule is OC1c2cc(OCc3ccccc3)cnc2CCN1CC1CC1. The van der Waals surface area contributed by atoms with Crippen LogP contribution in [0.1, 0.15) is 35.9 Å². The lowest BCUT2D eigenvalue weighted by Crippen LogP contribution is -2.37. The summed E-state index contributed by atoms with van der Waals surface area (Å²) < 4.78 is 5.84. The zero-order valence-corrected chi connectivity index (χ0v) is 13.2. The zero-order valence-electron chi connectivity index (χ0n) is 13.2. The third kappa shape index (κ3) is 3.38. The van der Waals surface area contributed by atoms with Gasteiger partial charge in [-0.15, -0.1) is 0 Å². The Kier molecular flexibility index (Phi) is 4.02. The van der Waals surface area contributed by atoms with Crippen LogP contribution in [0.5, 0.6) is 5.75 Å². The summed E-state index contributed by atoms with van der Waals surface area (Å²) in [5.74, 6) is 1.50. The van der Waals surface area contributed by atoms with Crippen LogP contribution in [0.4, 0.5) is 0 Å². The summed E-state index contributed by atoms with van der Waals surface area (Å²) in [7, 11) is 0. The zero-order chi connectivity index (χ0) is 15.6. The molecule has 1 aliphatic heterocycles. The number of benzene rings is 1. The van der Waals surface area contributed by atoms with E-state index in [9.17, 15) is 5.11 Å². The minimum Gasteiger partial charge on any atom is -0.487 e. The van der Waals surface area contributed by atoms with Crippen molar-refractivity contribution in [2.75, 3.05) is 13.1 Å². The maximum atomic E-state index is 10.6. The molecule has 1 unspecified atom stereocenters. The Labute approximate surface area is 136 Å². The highest BCUT2D eigenvalue weighted by Gasteiger charge is 2.32. The van der Waals surface area contributed by atoms with Crippen LogP contribution in [0.15, 0.2) is 42.6 Å². The summed E-state index contributed by atoms with van der Waals surface area (Å²) in [5, 5.41) is 10.6. The Morgan fingerprint density at radius 2 is 2.04 bits per heavy atom. The van der Waals surface area contributed by atoms with Crippen molar-refractivity contribution in [3.05, 3.63) is 59.4 Å². The standard InChI is InChI=1S/C19H22N2O2/c22-19-17-10-16(23-13-15-4-2-1-3-5-15)11-20-18(17)8-9-21(19)12-14-6-7-14/h1-5,10-11,14,19,22H,6-9,12-13H2. The van der Waals surface area contributed by atoms with Crippen molar-refractivity contribution < 1.29 is 9.84 Å². The molecule has 4 nitrogen and oxygen atoms in total. The lowest BCUT2D eigenvalue weighted by atomic mass is 10.0. The molecule has 2 heterocycles. The first kappa shape index (κ1) is 14.7. The summed E-state index contributed by atoms with van der Waals surface area (Å²) in [6.07, 6.45) is 4.72. The van der Waals surface area contributed by atoms with Gasteiger partial charge in [-0.3, -0.25) is 9.88 Å². The number of aliphatic hydroxyl groups excluding tert-OH is 1. The first-order valence-electron chi connectivity index (χ1n) is 8.37. The van der Waals surface area contributed by atoms with Crippen molar-refractivity contribution in [1.82, 2.24) is 9.88 Å². The summed E-state index contributed by atoms with van der Waals surface area (Å²) >= 11 is 0. The van der Waals surface area contributed by atoms with Crippen LogP contribution in [0.2, 0.25) is 0 Å². The van der Waals surface area contributed by atoms with Gasteiger partial charge in [0.05, 0.1) is 6.20 Å². The largest absolute Gasteiger partial charge is 0.487 e. The van der Waals surface area contributed by atoms with E-state index in [0.29, 0.717) is 6.61 Å². The van der Waals surface area contributed by atoms with Crippen molar-refractivity contribution in [3.63, 3.8) is 0 Å². The highest BCUT2D eigenvalue weighted by atomic mass is 16.5. The average molecular weight is 310 g/mol. The molecule has 1 aromatic carbocycles. The molecule has 1 aliphatic carbocycles. The van der Waals surface area contributed by atoms with E-state index >= 15 is 0 Å². The van der Waals surface area contributed by atoms with Gasteiger partial charge in [-0.25, -0.2) is 0 Å². The smallest absolute Gasteiger partial charge is 0.138 e. The van der Waals surface area contributed by atoms with E-state index in [4.69, 9.17) is 4.74 Å². The fraction of sp³-hybridized carbons (Fsp3) is 0.421. The topological polar surface area (TPSA) is 45.6 Å². The highest BCUT2D eigenvalue weighted by Crippen LogP contribution is 2.35. The molecule has 1 saturated carbocycles. The number of hydrogen-bond donors (Lipinski definition) is 1. The second-order valence-electron chi connectivity index (χ2n) is 6.54. The van der Waals surface area contributed by atoms with E-state index < -0.39 is 6.23 Å². The first-order chi connectivity index (χ1) is 11.3. The highest BCUT2D eigenvalue weighted by molar-refractivity contribution is 5.33. The summed E-state index contributed by atoms with van der Waals surface area (Å²) in [6.45, 7) is 2.40. The fourth-order valence-electron chi connectivity index (χ4n) is 3.13. The van der Waals surface area contributed by atoms with E-state index in [1.807, 2.05) is 36.4 Å². The molecule has 4 heteroatoms. The second-order valence-corrected chi connectivity index (χ2v) is 6.54. The van der Waals surface area contributed by atoms with Gasteiger partial charge in [-0.05, 0) is 30.4 Å². The lowest BCUT2D eigenvalue weighted by Gasteiger charge is -2.33. The molecular weight excluding hydrogens is 288 g/mol. The molecule has 4 rings (SSSR count). The fourth-order valence-corrected chi connectivity index (χ4v) is 3.13. The minimum atomic E-state index is -0.549. The Bertz CT molecular complexity index is 670. The van der Waals surface area contributed by atoms with Crippen LogP contribution in [0, 0.1) is 5.92 Å². The number of aliphatic hydroxyl groups is 1. The molecule has 120 valence electrons. The molecule has 23 heavy (non-hydrogen) atoms. The predicted octanol–water partition coefficient (Wildman–Crippen LogP) is 2.92. The molecule has 0 amide bonds. The quantitative estimate of drug-likeness (QED) is 0.922. The maximum Gasteiger partial charge on any atom is 0.138 e. The third-order valence-corrected chi connectivity index (χ3v) is 4.68. The molecule has 2 aromatic rings. The summed E-state index contributed by atoms with van der Waals surface area (Å²) in [4.78, 5) is 6.67. The van der Waals surface area contributed by atoms with Crippen LogP contribution in [0.25, 0.3) is 0 Å². The lowest BCUT2D eigenvalue weighted by molar-refractivity contribution is -0.0103. The monoisotopic (exact) mass is 310 g/mol. The Morgan fingerprint density at radius 1 is 1.22 bits per heavy atom. The van der Waals surface area contributed by atoms with Crippen molar-refractivity contribution >= 4 is 0 Å². The molecule has 1 aromatic heterocycles. The number of aromatic nitrogens is 1. The number of fused-ring (bicyclic) bond motifs is 1. The molecule has 1 atom stereocenters. The van der Waals surface area contributed by atoms with Gasteiger partial charge in [0.1, 0.15) is 18.6 Å². The first-order valence-corrected chi connectivity index (χ1v) is 8.37. The van der Waals surface area contributed by atoms with E-state index in [2.05, 4.69) is 9.88 Å². The minimum absolute atomic E-state index is 0.517. The average Bonchev–Trinajstić information content (AvgIpc) is 3.41. The van der Waals surface area contributed by atoms with Gasteiger partial charge in [0, 0.05) is 30.8 Å². The van der Waals surface area contributed by atoms with Crippen molar-refractivity contribution in [2.45, 2.75) is 32.1 Å². The van der Waals surface area contributed by atoms with Crippen LogP contribution < -0.4 is 4.74 Å². The Hall–Kier alpha value is -1.91. The van der Waals surface area contributed by atoms with Crippen LogP contribution in [-0.4, -0.2) is 28.1 Å². The predicted molar refractivity (Wildman–Crippen MR) is 88.0 cm³/mol. The molecule has 2 aliphatic rings. The Morgan fingerprint density at radius 3 is 2.83 bits per heavy atom. The van der Waals surface area contributed by atoms with E-state index in [0.717, 1.165) is 48.0 Å². The molecule has 0 radical (unpaired) electrons. The maximum absolute atomic E-state index is 10.6. The number of ether oxygens (including phenoxy) is 1. The molecule has 1 fully saturated rings. The van der Waals surface area contributed by atoms with Gasteiger partial charge in [0.15, 0.2) is 0 Å². The van der Waals surface area contributed by atoms with Crippen molar-refractivity contribution in [2.24, 2.45) is 5.92 Å². The second kappa shape index (κ2) is 6.30. The molecule has 1 N–H and O–H groups in total. The summed E-state index contributed by atoms with van der Waals surface area (Å²) in [5.41, 5.74) is 3.03. The van der Waals surface area contributed by atoms with E-state index in [1.165, 1.54) is 12.8 Å². The number of rotatable bonds is 5. The van der Waals surface area contributed by atoms with E-state index in [1.54, 1.807) is 6.20 Å². The molecule has 0 saturated heterocycles. The molecule has 0 bridgehead atoms. The third-order valence-electron chi connectivity index (χ3n) is 4.68. The molecule has 0 spiro atoms. The van der Waals surface area contributed by atoms with Crippen LogP contribution >= 0.6 is 0 Å². The van der Waals surface area contributed by atoms with Gasteiger partial charge >= 0.3 is 0 Å². The molecular formula is C19H22N2O2. The number of pyridine rings is 1. The van der Waals surface area contributed by atoms with Crippen LogP contribution in [0.3, 0.4) is 0 Å². The number of hydrogen-bond acceptors (Lipinski definition) is 4. The van der Waals surface area contributed by atoms with Gasteiger partial charge < -0.3 is 9.84 Å². The van der Waals surface area contributed by atoms with Gasteiger partial charge in [0.25, 0.3) is 0 Å². The Balaban J connectivity index is 1.47. The van der Waals surface area contributed by atoms with E-state index in [-0.39, 0.29) is 0 Å². The van der Waals surface area contributed by atoms with Gasteiger partial charge in [-0.1, -0.05) is 30.3 Å². The summed E-state index contributed by atoms with van der Waals surface area (Å²) in [6, 6.07) is 12.0. The van der Waals surface area contributed by atoms with Crippen molar-refractivity contribution in [3.8, 4) is 5.75 Å². The van der Waals surface area contributed by atoms with Crippen molar-refractivity contribution in [1.29, 1.82) is 0 Å². The normalized spacial score (nSPS) is 21.0. The van der Waals surface area contributed by atoms with Crippen LogP contribution in [-0.2, 0) is 13.0 Å². The van der Waals surface area contributed by atoms with Gasteiger partial charge in [0.2, 0.25) is 0 Å².